The summed E-state index contributed by atoms with van der Waals surface area (Å²) in [4.78, 5) is 12.4. The standard InChI is InChI=1S/C23H31NO3/c1-17(2)11-12-19-13-14-21(25)22-20(24-27-23(19)22)10-6-7-15-26-16-18-8-4-3-5-9-18/h3-5,8-9,17,19H,6-7,10-16H2,1-2H3. The van der Waals surface area contributed by atoms with Gasteiger partial charge in [0.15, 0.2) is 11.5 Å². The smallest absolute Gasteiger partial charge is 0.168 e. The number of ketones is 1. The van der Waals surface area contributed by atoms with E-state index in [-0.39, 0.29) is 5.78 Å². The van der Waals surface area contributed by atoms with Crippen molar-refractivity contribution in [3.05, 3.63) is 52.9 Å². The molecule has 0 radical (unpaired) electrons. The van der Waals surface area contributed by atoms with Crippen molar-refractivity contribution < 1.29 is 14.1 Å². The van der Waals surface area contributed by atoms with E-state index < -0.39 is 0 Å². The fourth-order valence-electron chi connectivity index (χ4n) is 3.72. The van der Waals surface area contributed by atoms with Gasteiger partial charge in [-0.15, -0.1) is 0 Å². The summed E-state index contributed by atoms with van der Waals surface area (Å²) in [6, 6.07) is 10.2. The summed E-state index contributed by atoms with van der Waals surface area (Å²) in [6.07, 6.45) is 6.48. The molecule has 1 unspecified atom stereocenters. The van der Waals surface area contributed by atoms with Crippen molar-refractivity contribution in [2.45, 2.75) is 71.3 Å². The molecule has 4 heteroatoms. The summed E-state index contributed by atoms with van der Waals surface area (Å²) in [5, 5.41) is 4.25. The van der Waals surface area contributed by atoms with Crippen LogP contribution in [0, 0.1) is 5.92 Å². The molecule has 1 atom stereocenters. The van der Waals surface area contributed by atoms with Crippen LogP contribution < -0.4 is 0 Å². The quantitative estimate of drug-likeness (QED) is 0.503. The van der Waals surface area contributed by atoms with Crippen LogP contribution in [0.2, 0.25) is 0 Å². The lowest BCUT2D eigenvalue weighted by Gasteiger charge is -2.20. The van der Waals surface area contributed by atoms with Gasteiger partial charge in [-0.2, -0.15) is 0 Å². The molecule has 2 aromatic rings. The minimum Gasteiger partial charge on any atom is -0.377 e. The predicted molar refractivity (Wildman–Crippen MR) is 106 cm³/mol. The predicted octanol–water partition coefficient (Wildman–Crippen LogP) is 5.71. The van der Waals surface area contributed by atoms with E-state index in [1.165, 1.54) is 5.56 Å². The third kappa shape index (κ3) is 5.52. The molecule has 0 saturated heterocycles. The van der Waals surface area contributed by atoms with Crippen LogP contribution in [0.5, 0.6) is 0 Å². The summed E-state index contributed by atoms with van der Waals surface area (Å²) in [5.41, 5.74) is 2.84. The molecule has 1 aromatic carbocycles. The lowest BCUT2D eigenvalue weighted by molar-refractivity contribution is 0.0959. The number of fused-ring (bicyclic) bond motifs is 1. The van der Waals surface area contributed by atoms with Crippen LogP contribution >= 0.6 is 0 Å². The molecule has 1 aliphatic carbocycles. The topological polar surface area (TPSA) is 52.3 Å². The van der Waals surface area contributed by atoms with Crippen LogP contribution in [-0.4, -0.2) is 17.5 Å². The van der Waals surface area contributed by atoms with Crippen LogP contribution in [0.4, 0.5) is 0 Å². The zero-order valence-electron chi connectivity index (χ0n) is 16.6. The van der Waals surface area contributed by atoms with Gasteiger partial charge in [0.1, 0.15) is 0 Å². The van der Waals surface area contributed by atoms with Crippen LogP contribution in [0.15, 0.2) is 34.9 Å². The van der Waals surface area contributed by atoms with Crippen molar-refractivity contribution in [2.24, 2.45) is 5.92 Å². The summed E-state index contributed by atoms with van der Waals surface area (Å²) >= 11 is 0. The molecule has 1 aromatic heterocycles. The molecule has 146 valence electrons. The highest BCUT2D eigenvalue weighted by atomic mass is 16.5. The number of Topliss-reactive ketones (excluding diaryl/α,β-unsaturated/α-hetero) is 1. The third-order valence-corrected chi connectivity index (χ3v) is 5.31. The number of unbranched alkanes of at least 4 members (excludes halogenated alkanes) is 1. The number of hydrogen-bond donors (Lipinski definition) is 0. The molecule has 3 rings (SSSR count). The van der Waals surface area contributed by atoms with Crippen LogP contribution in [0.3, 0.4) is 0 Å². The van der Waals surface area contributed by atoms with Gasteiger partial charge in [0.05, 0.1) is 17.9 Å². The maximum Gasteiger partial charge on any atom is 0.168 e. The summed E-state index contributed by atoms with van der Waals surface area (Å²) in [7, 11) is 0. The Morgan fingerprint density at radius 2 is 2.04 bits per heavy atom. The Balaban J connectivity index is 1.46. The summed E-state index contributed by atoms with van der Waals surface area (Å²) < 4.78 is 11.4. The number of rotatable bonds is 10. The van der Waals surface area contributed by atoms with Gasteiger partial charge < -0.3 is 9.26 Å². The highest BCUT2D eigenvalue weighted by Crippen LogP contribution is 2.37. The molecular formula is C23H31NO3. The maximum atomic E-state index is 12.4. The van der Waals surface area contributed by atoms with E-state index in [4.69, 9.17) is 9.26 Å². The van der Waals surface area contributed by atoms with E-state index in [1.807, 2.05) is 18.2 Å². The van der Waals surface area contributed by atoms with Crippen LogP contribution in [0.1, 0.15) is 85.7 Å². The van der Waals surface area contributed by atoms with E-state index in [2.05, 4.69) is 31.1 Å². The van der Waals surface area contributed by atoms with Gasteiger partial charge in [0, 0.05) is 18.9 Å². The van der Waals surface area contributed by atoms with Crippen LogP contribution in [0.25, 0.3) is 0 Å². The second-order valence-corrected chi connectivity index (χ2v) is 7.99. The lowest BCUT2D eigenvalue weighted by Crippen LogP contribution is -2.16. The molecular weight excluding hydrogens is 338 g/mol. The first-order valence-corrected chi connectivity index (χ1v) is 10.3. The lowest BCUT2D eigenvalue weighted by atomic mass is 9.82. The second kappa shape index (κ2) is 9.84. The van der Waals surface area contributed by atoms with Gasteiger partial charge in [0.25, 0.3) is 0 Å². The van der Waals surface area contributed by atoms with Crippen molar-refractivity contribution in [3.63, 3.8) is 0 Å². The molecule has 0 amide bonds. The third-order valence-electron chi connectivity index (χ3n) is 5.31. The molecule has 0 bridgehead atoms. The van der Waals surface area contributed by atoms with E-state index >= 15 is 0 Å². The maximum absolute atomic E-state index is 12.4. The molecule has 0 aliphatic heterocycles. The number of aryl methyl sites for hydroxylation is 1. The zero-order valence-corrected chi connectivity index (χ0v) is 16.6. The Kier molecular flexibility index (Phi) is 7.22. The monoisotopic (exact) mass is 369 g/mol. The van der Waals surface area contributed by atoms with Gasteiger partial charge in [0.2, 0.25) is 0 Å². The Bertz CT molecular complexity index is 720. The first-order chi connectivity index (χ1) is 13.1. The van der Waals surface area contributed by atoms with Gasteiger partial charge in [-0.1, -0.05) is 55.8 Å². The molecule has 1 aliphatic rings. The molecule has 27 heavy (non-hydrogen) atoms. The Morgan fingerprint density at radius 3 is 2.81 bits per heavy atom. The number of carbonyl (C=O) groups is 1. The normalized spacial score (nSPS) is 16.7. The number of carbonyl (C=O) groups excluding carboxylic acids is 1. The minimum atomic E-state index is 0.211. The Hall–Kier alpha value is -1.94. The van der Waals surface area contributed by atoms with Gasteiger partial charge in [-0.3, -0.25) is 4.79 Å². The average molecular weight is 370 g/mol. The van der Waals surface area contributed by atoms with E-state index in [9.17, 15) is 4.79 Å². The molecule has 0 saturated carbocycles. The van der Waals surface area contributed by atoms with E-state index in [1.54, 1.807) is 0 Å². The molecule has 4 nitrogen and oxygen atoms in total. The van der Waals surface area contributed by atoms with Gasteiger partial charge in [-0.25, -0.2) is 0 Å². The summed E-state index contributed by atoms with van der Waals surface area (Å²) in [6.45, 7) is 5.84. The van der Waals surface area contributed by atoms with Crippen molar-refractivity contribution in [1.29, 1.82) is 0 Å². The fraction of sp³-hybridized carbons (Fsp3) is 0.565. The Morgan fingerprint density at radius 1 is 1.22 bits per heavy atom. The van der Waals surface area contributed by atoms with Gasteiger partial charge >= 0.3 is 0 Å². The van der Waals surface area contributed by atoms with Crippen molar-refractivity contribution >= 4 is 5.78 Å². The van der Waals surface area contributed by atoms with Crippen molar-refractivity contribution in [3.8, 4) is 0 Å². The molecule has 0 fully saturated rings. The fourth-order valence-corrected chi connectivity index (χ4v) is 3.72. The number of hydrogen-bond acceptors (Lipinski definition) is 4. The number of aromatic nitrogens is 1. The highest BCUT2D eigenvalue weighted by molar-refractivity contribution is 5.99. The van der Waals surface area contributed by atoms with E-state index in [0.29, 0.717) is 24.9 Å². The molecule has 0 spiro atoms. The minimum absolute atomic E-state index is 0.211. The largest absolute Gasteiger partial charge is 0.377 e. The van der Waals surface area contributed by atoms with E-state index in [0.717, 1.165) is 62.1 Å². The second-order valence-electron chi connectivity index (χ2n) is 7.99. The zero-order chi connectivity index (χ0) is 19.1. The van der Waals surface area contributed by atoms with Crippen molar-refractivity contribution in [1.82, 2.24) is 5.16 Å². The average Bonchev–Trinajstić information content (AvgIpc) is 3.10. The van der Waals surface area contributed by atoms with Crippen LogP contribution in [-0.2, 0) is 17.8 Å². The first kappa shape index (κ1) is 19.8. The SMILES string of the molecule is CC(C)CCC1CCC(=O)c2c(CCCCOCc3ccccc3)noc21. The first-order valence-electron chi connectivity index (χ1n) is 10.3. The number of benzene rings is 1. The summed E-state index contributed by atoms with van der Waals surface area (Å²) in [5.74, 6) is 2.09. The number of nitrogens with zero attached hydrogens (tertiary/aromatic N) is 1. The van der Waals surface area contributed by atoms with Crippen molar-refractivity contribution in [2.75, 3.05) is 6.61 Å². The highest BCUT2D eigenvalue weighted by Gasteiger charge is 2.32. The molecule has 0 N–H and O–H groups in total. The molecule has 1 heterocycles. The van der Waals surface area contributed by atoms with Gasteiger partial charge in [-0.05, 0) is 43.6 Å². The Labute approximate surface area is 162 Å². The number of ether oxygens (including phenoxy) is 1.